The van der Waals surface area contributed by atoms with E-state index in [4.69, 9.17) is 16.3 Å². The molecule has 0 aromatic heterocycles. The zero-order valence-corrected chi connectivity index (χ0v) is 9.91. The summed E-state index contributed by atoms with van der Waals surface area (Å²) < 4.78 is 4.94. The number of benzene rings is 1. The van der Waals surface area contributed by atoms with Crippen molar-refractivity contribution in [1.29, 1.82) is 0 Å². The van der Waals surface area contributed by atoms with E-state index in [9.17, 15) is 4.79 Å². The zero-order valence-electron chi connectivity index (χ0n) is 9.15. The van der Waals surface area contributed by atoms with Crippen molar-refractivity contribution in [3.05, 3.63) is 34.9 Å². The largest absolute Gasteiger partial charge is 0.464 e. The summed E-state index contributed by atoms with van der Waals surface area (Å²) in [6.45, 7) is 1.19. The van der Waals surface area contributed by atoms with Crippen LogP contribution in [-0.4, -0.2) is 30.6 Å². The number of carbonyl (C=O) groups is 1. The predicted octanol–water partition coefficient (Wildman–Crippen LogP) is 2.09. The number of likely N-dealkylation sites (N-methyl/N-ethyl adjacent to an activating group) is 1. The van der Waals surface area contributed by atoms with Crippen molar-refractivity contribution >= 4 is 17.6 Å². The Morgan fingerprint density at radius 2 is 2.25 bits per heavy atom. The highest BCUT2D eigenvalue weighted by atomic mass is 35.5. The van der Waals surface area contributed by atoms with Gasteiger partial charge in [-0.2, -0.15) is 0 Å². The Hall–Kier alpha value is -1.06. The summed E-state index contributed by atoms with van der Waals surface area (Å²) in [5.41, 5.74) is 1.03. The minimum absolute atomic E-state index is 0.128. The van der Waals surface area contributed by atoms with E-state index in [1.54, 1.807) is 0 Å². The van der Waals surface area contributed by atoms with E-state index in [0.29, 0.717) is 13.2 Å². The molecule has 86 valence electrons. The number of hydrogen-bond acceptors (Lipinski definition) is 3. The molecule has 1 heterocycles. The highest BCUT2D eigenvalue weighted by Gasteiger charge is 2.30. The van der Waals surface area contributed by atoms with E-state index in [1.165, 1.54) is 0 Å². The van der Waals surface area contributed by atoms with Gasteiger partial charge in [-0.25, -0.2) is 0 Å². The fourth-order valence-electron chi connectivity index (χ4n) is 1.89. The third-order valence-electron chi connectivity index (χ3n) is 2.82. The highest BCUT2D eigenvalue weighted by molar-refractivity contribution is 6.31. The minimum atomic E-state index is -0.130. The Morgan fingerprint density at radius 3 is 2.88 bits per heavy atom. The van der Waals surface area contributed by atoms with Crippen LogP contribution < -0.4 is 0 Å². The quantitative estimate of drug-likeness (QED) is 0.757. The number of halogens is 1. The van der Waals surface area contributed by atoms with E-state index in [0.717, 1.165) is 17.0 Å². The molecule has 1 aromatic rings. The molecule has 0 N–H and O–H groups in total. The first-order chi connectivity index (χ1) is 7.68. The lowest BCUT2D eigenvalue weighted by Gasteiger charge is -2.21. The van der Waals surface area contributed by atoms with E-state index in [-0.39, 0.29) is 12.0 Å². The molecule has 4 heteroatoms. The van der Waals surface area contributed by atoms with Crippen molar-refractivity contribution in [3.8, 4) is 0 Å². The number of nitrogens with zero attached hydrogens (tertiary/aromatic N) is 1. The first-order valence-electron chi connectivity index (χ1n) is 5.29. The van der Waals surface area contributed by atoms with Gasteiger partial charge in [0.2, 0.25) is 0 Å². The molecule has 0 aliphatic carbocycles. The van der Waals surface area contributed by atoms with Gasteiger partial charge in [0.1, 0.15) is 6.04 Å². The fourth-order valence-corrected chi connectivity index (χ4v) is 2.09. The molecule has 0 amide bonds. The van der Waals surface area contributed by atoms with Crippen molar-refractivity contribution < 1.29 is 9.53 Å². The van der Waals surface area contributed by atoms with Crippen LogP contribution in [0.25, 0.3) is 0 Å². The van der Waals surface area contributed by atoms with E-state index in [1.807, 2.05) is 36.2 Å². The molecule has 0 radical (unpaired) electrons. The molecule has 1 unspecified atom stereocenters. The van der Waals surface area contributed by atoms with Crippen molar-refractivity contribution in [1.82, 2.24) is 4.90 Å². The van der Waals surface area contributed by atoms with Gasteiger partial charge in [-0.15, -0.1) is 0 Å². The second-order valence-electron chi connectivity index (χ2n) is 3.98. The lowest BCUT2D eigenvalue weighted by molar-refractivity contribution is -0.142. The fraction of sp³-hybridized carbons (Fsp3) is 0.417. The van der Waals surface area contributed by atoms with E-state index in [2.05, 4.69) is 0 Å². The summed E-state index contributed by atoms with van der Waals surface area (Å²) in [6.07, 6.45) is 0.764. The summed E-state index contributed by atoms with van der Waals surface area (Å²) in [5.74, 6) is -0.130. The minimum Gasteiger partial charge on any atom is -0.464 e. The number of hydrogen-bond donors (Lipinski definition) is 0. The molecule has 3 nitrogen and oxygen atoms in total. The Labute approximate surface area is 100.0 Å². The van der Waals surface area contributed by atoms with Gasteiger partial charge in [0, 0.05) is 18.0 Å². The Balaban J connectivity index is 2.04. The van der Waals surface area contributed by atoms with Crippen molar-refractivity contribution in [2.45, 2.75) is 19.0 Å². The van der Waals surface area contributed by atoms with Gasteiger partial charge < -0.3 is 4.74 Å². The van der Waals surface area contributed by atoms with Crippen molar-refractivity contribution in [2.24, 2.45) is 0 Å². The third kappa shape index (κ3) is 2.36. The molecule has 2 rings (SSSR count). The van der Waals surface area contributed by atoms with Gasteiger partial charge in [-0.3, -0.25) is 9.69 Å². The molecule has 1 aromatic carbocycles. The number of carbonyl (C=O) groups excluding carboxylic acids is 1. The lowest BCUT2D eigenvalue weighted by atomic mass is 10.1. The molecule has 0 saturated carbocycles. The SMILES string of the molecule is CN(Cc1ccccc1Cl)C1CCOC1=O. The molecule has 1 aliphatic rings. The van der Waals surface area contributed by atoms with Crippen LogP contribution >= 0.6 is 11.6 Å². The summed E-state index contributed by atoms with van der Waals surface area (Å²) in [6, 6.07) is 7.55. The van der Waals surface area contributed by atoms with Crippen LogP contribution in [0.3, 0.4) is 0 Å². The van der Waals surface area contributed by atoms with Crippen LogP contribution in [0.15, 0.2) is 24.3 Å². The molecule has 0 bridgehead atoms. The summed E-state index contributed by atoms with van der Waals surface area (Å²) in [4.78, 5) is 13.4. The Kier molecular flexibility index (Phi) is 3.46. The van der Waals surface area contributed by atoms with Crippen molar-refractivity contribution in [3.63, 3.8) is 0 Å². The normalized spacial score (nSPS) is 20.2. The topological polar surface area (TPSA) is 29.5 Å². The summed E-state index contributed by atoms with van der Waals surface area (Å²) >= 11 is 6.07. The first-order valence-corrected chi connectivity index (χ1v) is 5.66. The molecular weight excluding hydrogens is 226 g/mol. The predicted molar refractivity (Wildman–Crippen MR) is 62.3 cm³/mol. The van der Waals surface area contributed by atoms with Crippen molar-refractivity contribution in [2.75, 3.05) is 13.7 Å². The summed E-state index contributed by atoms with van der Waals surface area (Å²) in [5, 5.41) is 0.737. The molecule has 0 spiro atoms. The maximum atomic E-state index is 11.4. The molecule has 1 atom stereocenters. The van der Waals surface area contributed by atoms with Gasteiger partial charge in [0.25, 0.3) is 0 Å². The third-order valence-corrected chi connectivity index (χ3v) is 3.19. The van der Waals surface area contributed by atoms with Gasteiger partial charge in [-0.1, -0.05) is 29.8 Å². The van der Waals surface area contributed by atoms with Crippen LogP contribution in [0, 0.1) is 0 Å². The van der Waals surface area contributed by atoms with Gasteiger partial charge in [0.15, 0.2) is 0 Å². The van der Waals surface area contributed by atoms with Crippen LogP contribution in [0.5, 0.6) is 0 Å². The average molecular weight is 240 g/mol. The summed E-state index contributed by atoms with van der Waals surface area (Å²) in [7, 11) is 1.92. The molecular formula is C12H14ClNO2. The molecule has 16 heavy (non-hydrogen) atoms. The maximum absolute atomic E-state index is 11.4. The average Bonchev–Trinajstić information content (AvgIpc) is 2.68. The second-order valence-corrected chi connectivity index (χ2v) is 4.39. The van der Waals surface area contributed by atoms with Crippen LogP contribution in [0.4, 0.5) is 0 Å². The standard InChI is InChI=1S/C12H14ClNO2/c1-14(11-6-7-16-12(11)15)8-9-4-2-3-5-10(9)13/h2-5,11H,6-8H2,1H3. The number of cyclic esters (lactones) is 1. The first kappa shape index (κ1) is 11.4. The van der Waals surface area contributed by atoms with Crippen LogP contribution in [0.2, 0.25) is 5.02 Å². The van der Waals surface area contributed by atoms with E-state index >= 15 is 0 Å². The monoisotopic (exact) mass is 239 g/mol. The number of esters is 1. The number of ether oxygens (including phenoxy) is 1. The molecule has 1 aliphatic heterocycles. The smallest absolute Gasteiger partial charge is 0.323 e. The van der Waals surface area contributed by atoms with Gasteiger partial charge in [-0.05, 0) is 18.7 Å². The maximum Gasteiger partial charge on any atom is 0.323 e. The van der Waals surface area contributed by atoms with Gasteiger partial charge >= 0.3 is 5.97 Å². The van der Waals surface area contributed by atoms with Crippen LogP contribution in [0.1, 0.15) is 12.0 Å². The second kappa shape index (κ2) is 4.85. The molecule has 1 fully saturated rings. The number of rotatable bonds is 3. The zero-order chi connectivity index (χ0) is 11.5. The van der Waals surface area contributed by atoms with Crippen LogP contribution in [-0.2, 0) is 16.1 Å². The lowest BCUT2D eigenvalue weighted by Crippen LogP contribution is -2.34. The van der Waals surface area contributed by atoms with E-state index < -0.39 is 0 Å². The molecule has 1 saturated heterocycles. The Morgan fingerprint density at radius 1 is 1.50 bits per heavy atom. The highest BCUT2D eigenvalue weighted by Crippen LogP contribution is 2.20. The Bertz CT molecular complexity index is 394. The van der Waals surface area contributed by atoms with Gasteiger partial charge in [0.05, 0.1) is 6.61 Å².